The normalized spacial score (nSPS) is 14.0. The van der Waals surface area contributed by atoms with Crippen molar-refractivity contribution in [2.45, 2.75) is 12.8 Å². The molecule has 1 fully saturated rings. The standard InChI is InChI=1S/C20H19FN4/c21-17-11-14(7-8-16(17)18-12-24-20(22)13-23-18)15-5-1-2-6-19(15)25-9-3-4-10-25/h1-2,5-8,11-13H,3-4,9-10H2,(H2,22,24). The Morgan fingerprint density at radius 1 is 0.920 bits per heavy atom. The minimum Gasteiger partial charge on any atom is -0.382 e. The lowest BCUT2D eigenvalue weighted by molar-refractivity contribution is 0.631. The maximum absolute atomic E-state index is 14.7. The lowest BCUT2D eigenvalue weighted by atomic mass is 10.00. The van der Waals surface area contributed by atoms with E-state index in [-0.39, 0.29) is 5.82 Å². The third-order valence-electron chi connectivity index (χ3n) is 4.58. The number of halogens is 1. The van der Waals surface area contributed by atoms with Gasteiger partial charge in [-0.3, -0.25) is 4.98 Å². The van der Waals surface area contributed by atoms with Gasteiger partial charge < -0.3 is 10.6 Å². The van der Waals surface area contributed by atoms with Gasteiger partial charge in [0.2, 0.25) is 0 Å². The van der Waals surface area contributed by atoms with Crippen LogP contribution in [0.25, 0.3) is 22.4 Å². The average molecular weight is 334 g/mol. The van der Waals surface area contributed by atoms with Crippen molar-refractivity contribution in [3.8, 4) is 22.4 Å². The lowest BCUT2D eigenvalue weighted by Crippen LogP contribution is -2.18. The average Bonchev–Trinajstić information content (AvgIpc) is 3.17. The summed E-state index contributed by atoms with van der Waals surface area (Å²) >= 11 is 0. The van der Waals surface area contributed by atoms with E-state index in [9.17, 15) is 4.39 Å². The zero-order valence-corrected chi connectivity index (χ0v) is 13.8. The Hall–Kier alpha value is -2.95. The zero-order valence-electron chi connectivity index (χ0n) is 13.8. The van der Waals surface area contributed by atoms with Crippen LogP contribution in [-0.2, 0) is 0 Å². The fourth-order valence-corrected chi connectivity index (χ4v) is 3.32. The molecule has 25 heavy (non-hydrogen) atoms. The Labute approximate surface area is 146 Å². The first-order chi connectivity index (χ1) is 12.2. The number of nitrogen functional groups attached to an aromatic ring is 1. The Bertz CT molecular complexity index is 886. The largest absolute Gasteiger partial charge is 0.382 e. The number of benzene rings is 2. The van der Waals surface area contributed by atoms with Crippen molar-refractivity contribution in [1.82, 2.24) is 9.97 Å². The van der Waals surface area contributed by atoms with Crippen molar-refractivity contribution >= 4 is 11.5 Å². The Kier molecular flexibility index (Phi) is 4.06. The first-order valence-electron chi connectivity index (χ1n) is 8.44. The summed E-state index contributed by atoms with van der Waals surface area (Å²) in [5.41, 5.74) is 9.54. The summed E-state index contributed by atoms with van der Waals surface area (Å²) < 4.78 is 14.7. The fourth-order valence-electron chi connectivity index (χ4n) is 3.32. The van der Waals surface area contributed by atoms with E-state index in [0.717, 1.165) is 24.2 Å². The van der Waals surface area contributed by atoms with Gasteiger partial charge in [0.15, 0.2) is 0 Å². The van der Waals surface area contributed by atoms with Gasteiger partial charge in [-0.2, -0.15) is 0 Å². The number of aromatic nitrogens is 2. The van der Waals surface area contributed by atoms with Crippen LogP contribution >= 0.6 is 0 Å². The van der Waals surface area contributed by atoms with Crippen LogP contribution in [0.5, 0.6) is 0 Å². The smallest absolute Gasteiger partial charge is 0.141 e. The van der Waals surface area contributed by atoms with Gasteiger partial charge in [0, 0.05) is 29.9 Å². The second-order valence-corrected chi connectivity index (χ2v) is 6.23. The van der Waals surface area contributed by atoms with Crippen LogP contribution in [0.4, 0.5) is 15.9 Å². The fraction of sp³-hybridized carbons (Fsp3) is 0.200. The molecule has 2 N–H and O–H groups in total. The van der Waals surface area contributed by atoms with Crippen molar-refractivity contribution in [3.05, 3.63) is 60.7 Å². The molecule has 0 radical (unpaired) electrons. The summed E-state index contributed by atoms with van der Waals surface area (Å²) in [5, 5.41) is 0. The molecule has 1 aliphatic heterocycles. The molecule has 1 saturated heterocycles. The highest BCUT2D eigenvalue weighted by Crippen LogP contribution is 2.34. The number of nitrogens with zero attached hydrogens (tertiary/aromatic N) is 3. The van der Waals surface area contributed by atoms with Crippen LogP contribution in [0.2, 0.25) is 0 Å². The first kappa shape index (κ1) is 15.6. The monoisotopic (exact) mass is 334 g/mol. The van der Waals surface area contributed by atoms with Gasteiger partial charge in [-0.1, -0.05) is 24.3 Å². The molecule has 5 heteroatoms. The van der Waals surface area contributed by atoms with E-state index >= 15 is 0 Å². The van der Waals surface area contributed by atoms with Crippen LogP contribution < -0.4 is 10.6 Å². The van der Waals surface area contributed by atoms with Crippen molar-refractivity contribution < 1.29 is 4.39 Å². The number of anilines is 2. The lowest BCUT2D eigenvalue weighted by Gasteiger charge is -2.21. The van der Waals surface area contributed by atoms with E-state index in [0.29, 0.717) is 17.1 Å². The maximum atomic E-state index is 14.7. The third kappa shape index (κ3) is 3.05. The predicted octanol–water partition coefficient (Wildman–Crippen LogP) is 4.13. The van der Waals surface area contributed by atoms with Crippen molar-refractivity contribution in [2.75, 3.05) is 23.7 Å². The minimum absolute atomic E-state index is 0.312. The van der Waals surface area contributed by atoms with Crippen LogP contribution in [-0.4, -0.2) is 23.1 Å². The van der Waals surface area contributed by atoms with E-state index in [1.165, 1.54) is 30.9 Å². The minimum atomic E-state index is -0.312. The predicted molar refractivity (Wildman–Crippen MR) is 98.7 cm³/mol. The summed E-state index contributed by atoms with van der Waals surface area (Å²) in [5.74, 6) is 0.00751. The van der Waals surface area contributed by atoms with Gasteiger partial charge >= 0.3 is 0 Å². The Morgan fingerprint density at radius 2 is 1.72 bits per heavy atom. The van der Waals surface area contributed by atoms with E-state index in [1.807, 2.05) is 24.3 Å². The highest BCUT2D eigenvalue weighted by molar-refractivity contribution is 5.80. The van der Waals surface area contributed by atoms with Gasteiger partial charge in [-0.25, -0.2) is 9.37 Å². The van der Waals surface area contributed by atoms with Crippen LogP contribution in [0.1, 0.15) is 12.8 Å². The highest BCUT2D eigenvalue weighted by Gasteiger charge is 2.17. The van der Waals surface area contributed by atoms with E-state index < -0.39 is 0 Å². The summed E-state index contributed by atoms with van der Waals surface area (Å²) in [6, 6.07) is 13.4. The number of para-hydroxylation sites is 1. The quantitative estimate of drug-likeness (QED) is 0.782. The molecule has 4 rings (SSSR count). The molecule has 0 saturated carbocycles. The molecule has 2 heterocycles. The number of hydrogen-bond acceptors (Lipinski definition) is 4. The summed E-state index contributed by atoms with van der Waals surface area (Å²) in [6.45, 7) is 2.11. The van der Waals surface area contributed by atoms with Crippen LogP contribution in [0.15, 0.2) is 54.9 Å². The van der Waals surface area contributed by atoms with Gasteiger partial charge in [-0.05, 0) is 36.6 Å². The van der Waals surface area contributed by atoms with Gasteiger partial charge in [0.1, 0.15) is 11.6 Å². The van der Waals surface area contributed by atoms with E-state index in [2.05, 4.69) is 20.9 Å². The molecule has 1 aliphatic rings. The Balaban J connectivity index is 1.73. The molecular formula is C20H19FN4. The van der Waals surface area contributed by atoms with Gasteiger partial charge in [-0.15, -0.1) is 0 Å². The molecular weight excluding hydrogens is 315 g/mol. The zero-order chi connectivity index (χ0) is 17.2. The van der Waals surface area contributed by atoms with Crippen LogP contribution in [0.3, 0.4) is 0 Å². The molecule has 0 bridgehead atoms. The van der Waals surface area contributed by atoms with E-state index in [1.54, 1.807) is 12.1 Å². The van der Waals surface area contributed by atoms with Gasteiger partial charge in [0.25, 0.3) is 0 Å². The van der Waals surface area contributed by atoms with Gasteiger partial charge in [0.05, 0.1) is 18.1 Å². The summed E-state index contributed by atoms with van der Waals surface area (Å²) in [4.78, 5) is 10.5. The number of hydrogen-bond donors (Lipinski definition) is 1. The second kappa shape index (κ2) is 6.51. The van der Waals surface area contributed by atoms with E-state index in [4.69, 9.17) is 5.73 Å². The molecule has 0 aliphatic carbocycles. The number of rotatable bonds is 3. The summed E-state index contributed by atoms with van der Waals surface area (Å²) in [6.07, 6.45) is 5.34. The SMILES string of the molecule is Nc1cnc(-c2ccc(-c3ccccc3N3CCCC3)cc2F)cn1. The molecule has 1 aromatic heterocycles. The maximum Gasteiger partial charge on any atom is 0.141 e. The molecule has 126 valence electrons. The second-order valence-electron chi connectivity index (χ2n) is 6.23. The summed E-state index contributed by atoms with van der Waals surface area (Å²) in [7, 11) is 0. The van der Waals surface area contributed by atoms with Crippen molar-refractivity contribution in [1.29, 1.82) is 0 Å². The molecule has 4 nitrogen and oxygen atoms in total. The van der Waals surface area contributed by atoms with Crippen molar-refractivity contribution in [3.63, 3.8) is 0 Å². The molecule has 0 unspecified atom stereocenters. The van der Waals surface area contributed by atoms with Crippen molar-refractivity contribution in [2.24, 2.45) is 0 Å². The topological polar surface area (TPSA) is 55.0 Å². The number of nitrogens with two attached hydrogens (primary N) is 1. The molecule has 0 atom stereocenters. The van der Waals surface area contributed by atoms with Crippen LogP contribution in [0, 0.1) is 5.82 Å². The molecule has 0 amide bonds. The Morgan fingerprint density at radius 3 is 2.44 bits per heavy atom. The molecule has 3 aromatic rings. The highest BCUT2D eigenvalue weighted by atomic mass is 19.1. The molecule has 0 spiro atoms. The third-order valence-corrected chi connectivity index (χ3v) is 4.58. The first-order valence-corrected chi connectivity index (χ1v) is 8.44. The molecule has 2 aromatic carbocycles.